The van der Waals surface area contributed by atoms with Crippen molar-refractivity contribution in [3.63, 3.8) is 0 Å². The third-order valence-corrected chi connectivity index (χ3v) is 7.55. The highest BCUT2D eigenvalue weighted by Crippen LogP contribution is 2.32. The van der Waals surface area contributed by atoms with Gasteiger partial charge in [-0.3, -0.25) is 14.9 Å². The number of benzene rings is 1. The number of ether oxygens (including phenoxy) is 1. The van der Waals surface area contributed by atoms with Crippen LogP contribution in [0.3, 0.4) is 0 Å². The molecule has 0 radical (unpaired) electrons. The predicted molar refractivity (Wildman–Crippen MR) is 117 cm³/mol. The minimum Gasteiger partial charge on any atom is -0.490 e. The second-order valence-electron chi connectivity index (χ2n) is 8.69. The van der Waals surface area contributed by atoms with Gasteiger partial charge in [-0.1, -0.05) is 12.5 Å². The summed E-state index contributed by atoms with van der Waals surface area (Å²) in [4.78, 5) is 35.4. The first-order valence-corrected chi connectivity index (χ1v) is 12.9. The number of rotatable bonds is 14. The Morgan fingerprint density at radius 1 is 1.24 bits per heavy atom. The normalized spacial score (nSPS) is 17.2. The topological polar surface area (TPSA) is 130 Å². The van der Waals surface area contributed by atoms with Gasteiger partial charge in [-0.2, -0.15) is 0 Å². The first kappa shape index (κ1) is 24.9. The summed E-state index contributed by atoms with van der Waals surface area (Å²) in [6.07, 6.45) is 3.11. The molecule has 1 heterocycles. The molecule has 1 aliphatic carbocycles. The molecular weight excluding hydrogens is 455 g/mol. The van der Waals surface area contributed by atoms with Crippen molar-refractivity contribution in [2.45, 2.75) is 44.4 Å². The highest BCUT2D eigenvalue weighted by Gasteiger charge is 2.27. The van der Waals surface area contributed by atoms with Crippen LogP contribution >= 0.6 is 0 Å². The molecule has 11 heteroatoms. The van der Waals surface area contributed by atoms with E-state index in [1.165, 1.54) is 23.1 Å². The van der Waals surface area contributed by atoms with Gasteiger partial charge in [-0.05, 0) is 49.3 Å². The van der Waals surface area contributed by atoms with Crippen molar-refractivity contribution in [3.8, 4) is 5.75 Å². The third kappa shape index (κ3) is 7.99. The molecule has 1 aliphatic heterocycles. The Labute approximate surface area is 192 Å². The van der Waals surface area contributed by atoms with Gasteiger partial charge in [-0.15, -0.1) is 0 Å². The van der Waals surface area contributed by atoms with E-state index in [-0.39, 0.29) is 29.7 Å². The van der Waals surface area contributed by atoms with Crippen LogP contribution in [0.5, 0.6) is 5.75 Å². The Bertz CT molecular complexity index is 994. The van der Waals surface area contributed by atoms with Crippen LogP contribution in [0, 0.1) is 11.7 Å². The molecule has 0 unspecified atom stereocenters. The number of halogens is 1. The van der Waals surface area contributed by atoms with E-state index in [0.29, 0.717) is 43.9 Å². The number of nitrogens with zero attached hydrogens (tertiary/aromatic N) is 1. The van der Waals surface area contributed by atoms with Gasteiger partial charge in [0.15, 0.2) is 21.4 Å². The highest BCUT2D eigenvalue weighted by atomic mass is 32.2. The fraction of sp³-hybridized carbons (Fsp3) is 0.591. The summed E-state index contributed by atoms with van der Waals surface area (Å²) in [6, 6.07) is 3.55. The lowest BCUT2D eigenvalue weighted by molar-refractivity contribution is -0.137. The molecular formula is C22H29FN2O7S. The quantitative estimate of drug-likeness (QED) is 0.306. The maximum atomic E-state index is 14.1. The van der Waals surface area contributed by atoms with E-state index >= 15 is 0 Å². The Kier molecular flexibility index (Phi) is 8.28. The molecule has 3 rings (SSSR count). The van der Waals surface area contributed by atoms with Gasteiger partial charge >= 0.3 is 12.0 Å². The fourth-order valence-electron chi connectivity index (χ4n) is 3.72. The molecule has 2 N–H and O–H groups in total. The van der Waals surface area contributed by atoms with Crippen LogP contribution in [0.2, 0.25) is 0 Å². The summed E-state index contributed by atoms with van der Waals surface area (Å²) in [5.41, 5.74) is 0.415. The number of carbonyl (C=O) groups is 3. The van der Waals surface area contributed by atoms with Crippen molar-refractivity contribution in [2.75, 3.05) is 31.2 Å². The molecule has 0 spiro atoms. The summed E-state index contributed by atoms with van der Waals surface area (Å²) in [7, 11) is -3.58. The third-order valence-electron chi connectivity index (χ3n) is 5.73. The molecule has 1 saturated heterocycles. The van der Waals surface area contributed by atoms with E-state index in [1.54, 1.807) is 0 Å². The second kappa shape index (κ2) is 11.0. The zero-order chi connectivity index (χ0) is 24.0. The van der Waals surface area contributed by atoms with Crippen molar-refractivity contribution in [1.82, 2.24) is 10.2 Å². The lowest BCUT2D eigenvalue weighted by Crippen LogP contribution is -2.29. The molecule has 0 bridgehead atoms. The molecule has 1 atom stereocenters. The standard InChI is InChI=1S/C22H29FN2O7S/c23-18-7-6-16(10-19(18)32-13-15-4-5-15)17(11-21(27)28)14-33(30,31)9-3-1-2-8-25-12-20(26)24-22(25)29/h6-7,10,15,17H,1-5,8-9,11-14H2,(H,27,28)(H,24,26,29)/t17-/m0/s1. The van der Waals surface area contributed by atoms with E-state index in [1.807, 2.05) is 0 Å². The van der Waals surface area contributed by atoms with Crippen molar-refractivity contribution in [2.24, 2.45) is 5.92 Å². The fourth-order valence-corrected chi connectivity index (χ4v) is 5.45. The van der Waals surface area contributed by atoms with Crippen molar-refractivity contribution < 1.29 is 37.0 Å². The number of nitrogens with one attached hydrogen (secondary N) is 1. The molecule has 0 aromatic heterocycles. The van der Waals surface area contributed by atoms with Gasteiger partial charge in [-0.25, -0.2) is 17.6 Å². The molecule has 2 fully saturated rings. The minimum absolute atomic E-state index is 0.0108. The minimum atomic E-state index is -3.58. The monoisotopic (exact) mass is 484 g/mol. The summed E-state index contributed by atoms with van der Waals surface area (Å²) in [5, 5.41) is 11.5. The average molecular weight is 485 g/mol. The summed E-state index contributed by atoms with van der Waals surface area (Å²) in [6.45, 7) is 0.756. The van der Waals surface area contributed by atoms with Gasteiger partial charge in [0.1, 0.15) is 6.54 Å². The molecule has 9 nitrogen and oxygen atoms in total. The number of imide groups is 1. The maximum Gasteiger partial charge on any atom is 0.324 e. The SMILES string of the molecule is O=C(O)C[C@@H](CS(=O)(=O)CCCCCN1CC(=O)NC1=O)c1ccc(F)c(OCC2CC2)c1. The Balaban J connectivity index is 1.53. The Hall–Kier alpha value is -2.69. The number of hydrogen-bond acceptors (Lipinski definition) is 6. The van der Waals surface area contributed by atoms with E-state index in [9.17, 15) is 32.3 Å². The lowest BCUT2D eigenvalue weighted by Gasteiger charge is -2.17. The van der Waals surface area contributed by atoms with Crippen LogP contribution in [-0.2, 0) is 19.4 Å². The number of carboxylic acids is 1. The summed E-state index contributed by atoms with van der Waals surface area (Å²) in [5.74, 6) is -2.95. The van der Waals surface area contributed by atoms with Crippen LogP contribution < -0.4 is 10.1 Å². The Morgan fingerprint density at radius 3 is 2.64 bits per heavy atom. The van der Waals surface area contributed by atoms with Crippen LogP contribution in [-0.4, -0.2) is 67.5 Å². The Morgan fingerprint density at radius 2 is 2.00 bits per heavy atom. The van der Waals surface area contributed by atoms with Gasteiger partial charge in [0, 0.05) is 12.5 Å². The largest absolute Gasteiger partial charge is 0.490 e. The molecule has 2 aliphatic rings. The van der Waals surface area contributed by atoms with Crippen molar-refractivity contribution in [1.29, 1.82) is 0 Å². The number of unbranched alkanes of at least 4 members (excludes halogenated alkanes) is 2. The van der Waals surface area contributed by atoms with E-state index in [2.05, 4.69) is 5.32 Å². The van der Waals surface area contributed by atoms with Gasteiger partial charge in [0.2, 0.25) is 5.91 Å². The molecule has 1 aromatic rings. The van der Waals surface area contributed by atoms with Crippen LogP contribution in [0.1, 0.15) is 50.0 Å². The summed E-state index contributed by atoms with van der Waals surface area (Å²) >= 11 is 0. The molecule has 1 aromatic carbocycles. The first-order valence-electron chi connectivity index (χ1n) is 11.1. The number of aliphatic carboxylic acids is 1. The van der Waals surface area contributed by atoms with Crippen LogP contribution in [0.15, 0.2) is 18.2 Å². The van der Waals surface area contributed by atoms with E-state index < -0.39 is 40.0 Å². The van der Waals surface area contributed by atoms with Crippen LogP contribution in [0.4, 0.5) is 9.18 Å². The highest BCUT2D eigenvalue weighted by molar-refractivity contribution is 7.91. The number of carboxylic acid groups (broad SMARTS) is 1. The number of carbonyl (C=O) groups excluding carboxylic acids is 2. The number of amides is 3. The zero-order valence-corrected chi connectivity index (χ0v) is 19.1. The number of hydrogen-bond donors (Lipinski definition) is 2. The van der Waals surface area contributed by atoms with Gasteiger partial charge in [0.05, 0.1) is 24.5 Å². The van der Waals surface area contributed by atoms with Crippen LogP contribution in [0.25, 0.3) is 0 Å². The van der Waals surface area contributed by atoms with Crippen molar-refractivity contribution in [3.05, 3.63) is 29.6 Å². The lowest BCUT2D eigenvalue weighted by atomic mass is 9.97. The first-order chi connectivity index (χ1) is 15.6. The van der Waals surface area contributed by atoms with Gasteiger partial charge in [0.25, 0.3) is 0 Å². The average Bonchev–Trinajstić information content (AvgIpc) is 3.49. The molecule has 182 valence electrons. The predicted octanol–water partition coefficient (Wildman–Crippen LogP) is 2.31. The van der Waals surface area contributed by atoms with Crippen molar-refractivity contribution >= 4 is 27.7 Å². The van der Waals surface area contributed by atoms with E-state index in [0.717, 1.165) is 12.8 Å². The van der Waals surface area contributed by atoms with Gasteiger partial charge < -0.3 is 14.7 Å². The van der Waals surface area contributed by atoms with E-state index in [4.69, 9.17) is 4.74 Å². The molecule has 1 saturated carbocycles. The number of urea groups is 1. The molecule has 3 amide bonds. The smallest absolute Gasteiger partial charge is 0.324 e. The molecule has 33 heavy (non-hydrogen) atoms. The second-order valence-corrected chi connectivity index (χ2v) is 10.9. The zero-order valence-electron chi connectivity index (χ0n) is 18.3. The number of sulfone groups is 1. The summed E-state index contributed by atoms with van der Waals surface area (Å²) < 4.78 is 44.9. The maximum absolute atomic E-state index is 14.1.